The molecule has 0 rings (SSSR count). The van der Waals surface area contributed by atoms with Crippen LogP contribution in [0.2, 0.25) is 0 Å². The van der Waals surface area contributed by atoms with E-state index in [0.717, 1.165) is 121 Å². The molecular weight excluding hydrogens is 1230 g/mol. The number of carbonyl (C=O) groups excluding carboxylic acids is 4. The standard InChI is InChI=1S/C75H142O17P2/c1-7-11-13-15-17-19-21-23-25-27-29-34-38-45-51-57-72(77)85-63-70(91-74(79)59-53-47-39-35-30-28-26-24-22-20-18-16-14-12-8-2)65-89-93(81,82)87-61-69(76)62-88-94(83,84)90-66-71(64-86-73(78)58-52-46-42-41-44-50-56-68(6)10-4)92-75(80)60-54-48-40-36-32-31-33-37-43-49-55-67(5)9-3/h20,22,24,26,67-71,76H,7-19,21,23,25,27-66H2,1-6H3,(H,81,82)(H,83,84)/b22-20-,26-24-/t67?,68?,69-,70-,71-/m1/s1. The van der Waals surface area contributed by atoms with Crippen molar-refractivity contribution >= 4 is 39.5 Å². The maximum Gasteiger partial charge on any atom is 0.472 e. The fourth-order valence-corrected chi connectivity index (χ4v) is 12.5. The van der Waals surface area contributed by atoms with Crippen LogP contribution in [0.15, 0.2) is 24.3 Å². The average molecular weight is 1380 g/mol. The Morgan fingerprint density at radius 3 is 0.904 bits per heavy atom. The summed E-state index contributed by atoms with van der Waals surface area (Å²) in [5.74, 6) is -0.618. The minimum atomic E-state index is -4.96. The molecule has 0 saturated heterocycles. The number of allylic oxidation sites excluding steroid dienone is 4. The van der Waals surface area contributed by atoms with E-state index in [1.807, 2.05) is 0 Å². The Balaban J connectivity index is 5.30. The van der Waals surface area contributed by atoms with Crippen LogP contribution in [-0.2, 0) is 65.4 Å². The Morgan fingerprint density at radius 2 is 0.596 bits per heavy atom. The molecule has 94 heavy (non-hydrogen) atoms. The van der Waals surface area contributed by atoms with Gasteiger partial charge in [0, 0.05) is 25.7 Å². The number of aliphatic hydroxyl groups excluding tert-OH is 1. The summed E-state index contributed by atoms with van der Waals surface area (Å²) in [7, 11) is -9.92. The highest BCUT2D eigenvalue weighted by Gasteiger charge is 2.30. The van der Waals surface area contributed by atoms with Crippen LogP contribution in [0, 0.1) is 11.8 Å². The highest BCUT2D eigenvalue weighted by Crippen LogP contribution is 2.45. The van der Waals surface area contributed by atoms with Gasteiger partial charge in [-0.05, 0) is 63.2 Å². The molecule has 0 aromatic carbocycles. The Morgan fingerprint density at radius 1 is 0.340 bits per heavy atom. The Labute approximate surface area is 573 Å². The Bertz CT molecular complexity index is 1920. The molecule has 0 aromatic heterocycles. The summed E-state index contributed by atoms with van der Waals surface area (Å²) in [6.45, 7) is 9.50. The maximum atomic E-state index is 13.1. The zero-order valence-electron chi connectivity index (χ0n) is 60.7. The van der Waals surface area contributed by atoms with Crippen molar-refractivity contribution < 1.29 is 80.2 Å². The summed E-state index contributed by atoms with van der Waals surface area (Å²) in [6.07, 6.45) is 56.2. The topological polar surface area (TPSA) is 237 Å². The van der Waals surface area contributed by atoms with E-state index in [1.54, 1.807) is 0 Å². The van der Waals surface area contributed by atoms with Crippen molar-refractivity contribution in [1.82, 2.24) is 0 Å². The number of esters is 4. The van der Waals surface area contributed by atoms with Crippen LogP contribution in [0.3, 0.4) is 0 Å². The molecule has 17 nitrogen and oxygen atoms in total. The van der Waals surface area contributed by atoms with E-state index in [0.29, 0.717) is 25.7 Å². The first-order valence-corrected chi connectivity index (χ1v) is 41.4. The van der Waals surface area contributed by atoms with Gasteiger partial charge in [-0.25, -0.2) is 9.13 Å². The van der Waals surface area contributed by atoms with E-state index in [-0.39, 0.29) is 25.7 Å². The van der Waals surface area contributed by atoms with Crippen molar-refractivity contribution in [3.8, 4) is 0 Å². The van der Waals surface area contributed by atoms with Gasteiger partial charge in [-0.15, -0.1) is 0 Å². The first-order valence-electron chi connectivity index (χ1n) is 38.4. The van der Waals surface area contributed by atoms with Gasteiger partial charge in [-0.1, -0.05) is 310 Å². The van der Waals surface area contributed by atoms with Crippen molar-refractivity contribution in [2.45, 2.75) is 381 Å². The molecule has 0 aromatic rings. The molecule has 0 spiro atoms. The van der Waals surface area contributed by atoms with Gasteiger partial charge in [-0.3, -0.25) is 37.3 Å². The van der Waals surface area contributed by atoms with Gasteiger partial charge in [0.25, 0.3) is 0 Å². The molecule has 3 N–H and O–H groups in total. The molecular formula is C75H142O17P2. The van der Waals surface area contributed by atoms with E-state index >= 15 is 0 Å². The Kier molecular flexibility index (Phi) is 64.7. The zero-order valence-corrected chi connectivity index (χ0v) is 62.5. The second-order valence-corrected chi connectivity index (χ2v) is 29.7. The number of unbranched alkanes of at least 4 members (excludes halogenated alkanes) is 37. The number of hydrogen-bond donors (Lipinski definition) is 3. The molecule has 7 atom stereocenters. The SMILES string of the molecule is CCCCCC/C=C\C=C/CCCCCCCC(=O)O[C@H](COC(=O)CCCCCCCCCCCCCCCCC)COP(=O)(O)OC[C@@H](O)COP(=O)(O)OC[C@@H](COC(=O)CCCCCCCCC(C)CC)OC(=O)CCCCCCCCCCCCC(C)CC. The van der Waals surface area contributed by atoms with E-state index < -0.39 is 97.5 Å². The van der Waals surface area contributed by atoms with E-state index in [9.17, 15) is 43.2 Å². The number of phosphoric ester groups is 2. The number of carbonyl (C=O) groups is 4. The monoisotopic (exact) mass is 1380 g/mol. The Hall–Kier alpha value is -2.46. The van der Waals surface area contributed by atoms with Crippen molar-refractivity contribution in [3.63, 3.8) is 0 Å². The van der Waals surface area contributed by atoms with Crippen LogP contribution in [0.5, 0.6) is 0 Å². The summed E-state index contributed by atoms with van der Waals surface area (Å²) in [5.41, 5.74) is 0. The maximum absolute atomic E-state index is 13.1. The number of phosphoric acid groups is 2. The van der Waals surface area contributed by atoms with Gasteiger partial charge >= 0.3 is 39.5 Å². The van der Waals surface area contributed by atoms with Crippen molar-refractivity contribution in [2.24, 2.45) is 11.8 Å². The summed E-state index contributed by atoms with van der Waals surface area (Å²) in [5, 5.41) is 10.6. The highest BCUT2D eigenvalue weighted by molar-refractivity contribution is 7.47. The van der Waals surface area contributed by atoms with Crippen molar-refractivity contribution in [2.75, 3.05) is 39.6 Å². The molecule has 0 saturated carbocycles. The molecule has 19 heteroatoms. The number of hydrogen-bond acceptors (Lipinski definition) is 15. The van der Waals surface area contributed by atoms with Gasteiger partial charge in [0.1, 0.15) is 19.3 Å². The number of rotatable bonds is 72. The molecule has 0 fully saturated rings. The first-order chi connectivity index (χ1) is 45.4. The normalized spacial score (nSPS) is 14.8. The fraction of sp³-hybridized carbons (Fsp3) is 0.893. The third-order valence-electron chi connectivity index (χ3n) is 17.6. The van der Waals surface area contributed by atoms with Crippen molar-refractivity contribution in [1.29, 1.82) is 0 Å². The molecule has 0 bridgehead atoms. The van der Waals surface area contributed by atoms with Gasteiger partial charge in [-0.2, -0.15) is 0 Å². The molecule has 0 radical (unpaired) electrons. The molecule has 0 amide bonds. The lowest BCUT2D eigenvalue weighted by molar-refractivity contribution is -0.161. The van der Waals surface area contributed by atoms with Crippen LogP contribution in [0.25, 0.3) is 0 Å². The second-order valence-electron chi connectivity index (χ2n) is 26.8. The zero-order chi connectivity index (χ0) is 69.3. The predicted molar refractivity (Wildman–Crippen MR) is 381 cm³/mol. The predicted octanol–water partition coefficient (Wildman–Crippen LogP) is 21.5. The third kappa shape index (κ3) is 65.5. The minimum Gasteiger partial charge on any atom is -0.462 e. The van der Waals surface area contributed by atoms with Gasteiger partial charge in [0.2, 0.25) is 0 Å². The van der Waals surface area contributed by atoms with Gasteiger partial charge in [0.05, 0.1) is 26.4 Å². The minimum absolute atomic E-state index is 0.0853. The summed E-state index contributed by atoms with van der Waals surface area (Å²) in [6, 6.07) is 0. The summed E-state index contributed by atoms with van der Waals surface area (Å²) < 4.78 is 68.4. The lowest BCUT2D eigenvalue weighted by atomic mass is 9.99. The van der Waals surface area contributed by atoms with Crippen LogP contribution < -0.4 is 0 Å². The lowest BCUT2D eigenvalue weighted by Crippen LogP contribution is -2.30. The van der Waals surface area contributed by atoms with Crippen LogP contribution in [0.4, 0.5) is 0 Å². The number of ether oxygens (including phenoxy) is 4. The highest BCUT2D eigenvalue weighted by atomic mass is 31.2. The molecule has 0 heterocycles. The van der Waals surface area contributed by atoms with Gasteiger partial charge in [0.15, 0.2) is 12.2 Å². The van der Waals surface area contributed by atoms with Crippen molar-refractivity contribution in [3.05, 3.63) is 24.3 Å². The largest absolute Gasteiger partial charge is 0.472 e. The van der Waals surface area contributed by atoms with E-state index in [4.69, 9.17) is 37.0 Å². The van der Waals surface area contributed by atoms with Gasteiger partial charge < -0.3 is 33.8 Å². The molecule has 0 aliphatic heterocycles. The summed E-state index contributed by atoms with van der Waals surface area (Å²) in [4.78, 5) is 72.8. The fourth-order valence-electron chi connectivity index (χ4n) is 10.9. The number of aliphatic hydroxyl groups is 1. The molecule has 0 aliphatic rings. The second kappa shape index (κ2) is 66.4. The van der Waals surface area contributed by atoms with E-state index in [1.165, 1.54) is 161 Å². The molecule has 0 aliphatic carbocycles. The first kappa shape index (κ1) is 91.5. The van der Waals surface area contributed by atoms with E-state index in [2.05, 4.69) is 65.8 Å². The third-order valence-corrected chi connectivity index (χ3v) is 19.5. The lowest BCUT2D eigenvalue weighted by Gasteiger charge is -2.21. The summed E-state index contributed by atoms with van der Waals surface area (Å²) >= 11 is 0. The average Bonchev–Trinajstić information content (AvgIpc) is 1.75. The smallest absolute Gasteiger partial charge is 0.462 e. The quantitative estimate of drug-likeness (QED) is 0.0169. The van der Waals surface area contributed by atoms with Crippen LogP contribution >= 0.6 is 15.6 Å². The van der Waals surface area contributed by atoms with Crippen LogP contribution in [0.1, 0.15) is 363 Å². The molecule has 554 valence electrons. The van der Waals surface area contributed by atoms with Crippen LogP contribution in [-0.4, -0.2) is 96.7 Å². The molecule has 4 unspecified atom stereocenters.